The van der Waals surface area contributed by atoms with Crippen molar-refractivity contribution >= 4 is 11.6 Å². The number of nitrogens with zero attached hydrogens (tertiary/aromatic N) is 5. The van der Waals surface area contributed by atoms with Gasteiger partial charge in [-0.1, -0.05) is 16.8 Å². The van der Waals surface area contributed by atoms with E-state index in [9.17, 15) is 8.78 Å². The lowest BCUT2D eigenvalue weighted by Crippen LogP contribution is -1.99. The highest BCUT2D eigenvalue weighted by atomic mass is 35.5. The highest BCUT2D eigenvalue weighted by molar-refractivity contribution is 6.30. The zero-order chi connectivity index (χ0) is 15.5. The van der Waals surface area contributed by atoms with Gasteiger partial charge in [-0.2, -0.15) is 0 Å². The Bertz CT molecular complexity index is 793. The number of halogens is 3. The molecule has 9 heteroatoms. The molecule has 0 spiro atoms. The van der Waals surface area contributed by atoms with Crippen LogP contribution in [-0.4, -0.2) is 25.0 Å². The van der Waals surface area contributed by atoms with Gasteiger partial charge in [-0.25, -0.2) is 23.4 Å². The van der Waals surface area contributed by atoms with Gasteiger partial charge in [0, 0.05) is 6.07 Å². The molecule has 0 saturated heterocycles. The van der Waals surface area contributed by atoms with Gasteiger partial charge in [0.05, 0.1) is 29.3 Å². The molecule has 2 aromatic heterocycles. The molecule has 3 rings (SSSR count). The van der Waals surface area contributed by atoms with Crippen molar-refractivity contribution in [1.82, 2.24) is 25.0 Å². The highest BCUT2D eigenvalue weighted by Crippen LogP contribution is 2.13. The Morgan fingerprint density at radius 3 is 2.64 bits per heavy atom. The van der Waals surface area contributed by atoms with Gasteiger partial charge in [-0.05, 0) is 12.1 Å². The van der Waals surface area contributed by atoms with Gasteiger partial charge < -0.3 is 4.74 Å². The molecule has 0 fully saturated rings. The quantitative estimate of drug-likeness (QED) is 0.738. The third-order valence-electron chi connectivity index (χ3n) is 2.65. The summed E-state index contributed by atoms with van der Waals surface area (Å²) in [6.07, 6.45) is 4.34. The van der Waals surface area contributed by atoms with E-state index in [1.165, 1.54) is 29.3 Å². The SMILES string of the molecule is Fc1ccc(-n2cc(COc3ncc(Cl)cn3)nn2)cc1F. The van der Waals surface area contributed by atoms with E-state index < -0.39 is 11.6 Å². The number of aromatic nitrogens is 5. The molecule has 0 aliphatic heterocycles. The minimum absolute atomic E-state index is 0.0747. The van der Waals surface area contributed by atoms with Crippen molar-refractivity contribution in [2.45, 2.75) is 6.61 Å². The van der Waals surface area contributed by atoms with Crippen LogP contribution in [0.1, 0.15) is 5.69 Å². The van der Waals surface area contributed by atoms with Crippen LogP contribution in [0.4, 0.5) is 8.78 Å². The second-order valence-corrected chi connectivity index (χ2v) is 4.66. The second kappa shape index (κ2) is 6.02. The number of hydrogen-bond donors (Lipinski definition) is 0. The van der Waals surface area contributed by atoms with Crippen LogP contribution >= 0.6 is 11.6 Å². The summed E-state index contributed by atoms with van der Waals surface area (Å²) in [5, 5.41) is 8.09. The fourth-order valence-electron chi connectivity index (χ4n) is 1.63. The summed E-state index contributed by atoms with van der Waals surface area (Å²) in [5.74, 6) is -1.88. The van der Waals surface area contributed by atoms with Gasteiger partial charge in [0.15, 0.2) is 11.6 Å². The first-order chi connectivity index (χ1) is 10.6. The molecule has 0 aliphatic carbocycles. The fraction of sp³-hybridized carbons (Fsp3) is 0.0769. The maximum absolute atomic E-state index is 13.2. The van der Waals surface area contributed by atoms with Crippen LogP contribution in [0.5, 0.6) is 6.01 Å². The first kappa shape index (κ1) is 14.3. The second-order valence-electron chi connectivity index (χ2n) is 4.23. The Morgan fingerprint density at radius 2 is 1.91 bits per heavy atom. The summed E-state index contributed by atoms with van der Waals surface area (Å²) in [4.78, 5) is 7.74. The van der Waals surface area contributed by atoms with Crippen LogP contribution in [-0.2, 0) is 6.61 Å². The van der Waals surface area contributed by atoms with Crippen molar-refractivity contribution in [3.63, 3.8) is 0 Å². The summed E-state index contributed by atoms with van der Waals surface area (Å²) in [6.45, 7) is 0.0747. The average molecular weight is 324 g/mol. The van der Waals surface area contributed by atoms with E-state index in [1.54, 1.807) is 0 Å². The van der Waals surface area contributed by atoms with E-state index in [4.69, 9.17) is 16.3 Å². The minimum Gasteiger partial charge on any atom is -0.457 e. The monoisotopic (exact) mass is 323 g/mol. The first-order valence-electron chi connectivity index (χ1n) is 6.09. The maximum atomic E-state index is 13.2. The van der Waals surface area contributed by atoms with Crippen molar-refractivity contribution < 1.29 is 13.5 Å². The molecule has 0 atom stereocenters. The van der Waals surface area contributed by atoms with Gasteiger partial charge in [-0.3, -0.25) is 0 Å². The van der Waals surface area contributed by atoms with E-state index in [1.807, 2.05) is 0 Å². The maximum Gasteiger partial charge on any atom is 0.316 e. The topological polar surface area (TPSA) is 65.7 Å². The van der Waals surface area contributed by atoms with Crippen LogP contribution in [0.15, 0.2) is 36.8 Å². The summed E-state index contributed by atoms with van der Waals surface area (Å²) in [6, 6.07) is 3.58. The summed E-state index contributed by atoms with van der Waals surface area (Å²) < 4.78 is 32.7. The van der Waals surface area contributed by atoms with E-state index in [0.29, 0.717) is 16.4 Å². The Hall–Kier alpha value is -2.61. The van der Waals surface area contributed by atoms with Crippen LogP contribution in [0, 0.1) is 11.6 Å². The molecule has 6 nitrogen and oxygen atoms in total. The van der Waals surface area contributed by atoms with E-state index in [2.05, 4.69) is 20.3 Å². The van der Waals surface area contributed by atoms with Crippen molar-refractivity contribution in [2.24, 2.45) is 0 Å². The van der Waals surface area contributed by atoms with Crippen LogP contribution < -0.4 is 4.74 Å². The Morgan fingerprint density at radius 1 is 1.14 bits per heavy atom. The molecule has 0 radical (unpaired) electrons. The zero-order valence-corrected chi connectivity index (χ0v) is 11.7. The molecule has 0 aliphatic rings. The number of benzene rings is 1. The number of rotatable bonds is 4. The average Bonchev–Trinajstić information content (AvgIpc) is 2.98. The summed E-state index contributed by atoms with van der Waals surface area (Å²) in [5.41, 5.74) is 0.823. The molecule has 22 heavy (non-hydrogen) atoms. The molecule has 2 heterocycles. The lowest BCUT2D eigenvalue weighted by molar-refractivity contribution is 0.276. The molecule has 0 amide bonds. The van der Waals surface area contributed by atoms with E-state index in [0.717, 1.165) is 12.1 Å². The molecule has 0 saturated carbocycles. The fourth-order valence-corrected chi connectivity index (χ4v) is 1.73. The first-order valence-corrected chi connectivity index (χ1v) is 6.46. The smallest absolute Gasteiger partial charge is 0.316 e. The number of hydrogen-bond acceptors (Lipinski definition) is 5. The molecule has 112 valence electrons. The standard InChI is InChI=1S/C13H8ClF2N5O/c14-8-4-17-13(18-5-8)22-7-9-6-21(20-19-9)10-1-2-11(15)12(16)3-10/h1-6H,7H2. The Kier molecular flexibility index (Phi) is 3.92. The number of ether oxygens (including phenoxy) is 1. The molecule has 0 bridgehead atoms. The van der Waals surface area contributed by atoms with Gasteiger partial charge in [0.1, 0.15) is 12.3 Å². The third kappa shape index (κ3) is 3.17. The van der Waals surface area contributed by atoms with Crippen LogP contribution in [0.25, 0.3) is 5.69 Å². The predicted molar refractivity (Wildman–Crippen MR) is 72.6 cm³/mol. The lowest BCUT2D eigenvalue weighted by Gasteiger charge is -2.01. The van der Waals surface area contributed by atoms with Crippen LogP contribution in [0.2, 0.25) is 5.02 Å². The normalized spacial score (nSPS) is 10.7. The third-order valence-corrected chi connectivity index (χ3v) is 2.85. The minimum atomic E-state index is -0.958. The van der Waals surface area contributed by atoms with Crippen molar-refractivity contribution in [2.75, 3.05) is 0 Å². The molecule has 1 aromatic carbocycles. The zero-order valence-electron chi connectivity index (χ0n) is 10.9. The molecule has 3 aromatic rings. The largest absolute Gasteiger partial charge is 0.457 e. The predicted octanol–water partition coefficient (Wildman–Crippen LogP) is 2.57. The van der Waals surface area contributed by atoms with Crippen molar-refractivity contribution in [3.05, 3.63) is 59.1 Å². The van der Waals surface area contributed by atoms with Gasteiger partial charge in [0.2, 0.25) is 0 Å². The molecule has 0 unspecified atom stereocenters. The molecular formula is C13H8ClF2N5O. The highest BCUT2D eigenvalue weighted by Gasteiger charge is 2.08. The van der Waals surface area contributed by atoms with Crippen molar-refractivity contribution in [1.29, 1.82) is 0 Å². The molecular weight excluding hydrogens is 316 g/mol. The lowest BCUT2D eigenvalue weighted by atomic mass is 10.3. The Balaban J connectivity index is 1.70. The Labute approximate surface area is 128 Å². The van der Waals surface area contributed by atoms with Crippen LogP contribution in [0.3, 0.4) is 0 Å². The van der Waals surface area contributed by atoms with E-state index >= 15 is 0 Å². The van der Waals surface area contributed by atoms with Gasteiger partial charge >= 0.3 is 6.01 Å². The summed E-state index contributed by atoms with van der Waals surface area (Å²) in [7, 11) is 0. The van der Waals surface area contributed by atoms with Gasteiger partial charge in [0.25, 0.3) is 0 Å². The molecule has 0 N–H and O–H groups in total. The van der Waals surface area contributed by atoms with E-state index in [-0.39, 0.29) is 12.6 Å². The van der Waals surface area contributed by atoms with Crippen molar-refractivity contribution in [3.8, 4) is 11.7 Å². The van der Waals surface area contributed by atoms with Gasteiger partial charge in [-0.15, -0.1) is 5.10 Å². The summed E-state index contributed by atoms with van der Waals surface area (Å²) >= 11 is 5.66.